The van der Waals surface area contributed by atoms with Crippen LogP contribution in [0.3, 0.4) is 0 Å². The largest absolute Gasteiger partial charge is 0.481 e. The lowest BCUT2D eigenvalue weighted by molar-refractivity contribution is -0.140. The average Bonchev–Trinajstić information content (AvgIpc) is 3.72. The van der Waals surface area contributed by atoms with E-state index in [9.17, 15) is 43.5 Å². The molecule has 0 bridgehead atoms. The maximum Gasteiger partial charge on any atom is 0.305 e. The first-order valence-electron chi connectivity index (χ1n) is 15.3. The van der Waals surface area contributed by atoms with Crippen LogP contribution in [0.2, 0.25) is 0 Å². The minimum absolute atomic E-state index is 0.0390. The van der Waals surface area contributed by atoms with Gasteiger partial charge in [-0.05, 0) is 32.1 Å². The van der Waals surface area contributed by atoms with Gasteiger partial charge in [-0.1, -0.05) is 0 Å². The molecule has 1 aromatic rings. The molecule has 5 atom stereocenters. The number of nitrogens with two attached hydrogens (primary N) is 3. The molecule has 21 heteroatoms. The van der Waals surface area contributed by atoms with E-state index in [0.717, 1.165) is 0 Å². The van der Waals surface area contributed by atoms with Crippen LogP contribution in [0, 0.1) is 0 Å². The molecule has 1 fully saturated rings. The summed E-state index contributed by atoms with van der Waals surface area (Å²) in [5.41, 5.74) is 16.4. The van der Waals surface area contributed by atoms with Crippen LogP contribution in [0.25, 0.3) is 0 Å². The Morgan fingerprint density at radius 3 is 2.06 bits per heavy atom. The maximum atomic E-state index is 13.7. The van der Waals surface area contributed by atoms with Gasteiger partial charge < -0.3 is 58.6 Å². The molecule has 1 saturated heterocycles. The van der Waals surface area contributed by atoms with Gasteiger partial charge in [0.25, 0.3) is 0 Å². The summed E-state index contributed by atoms with van der Waals surface area (Å²) in [6.45, 7) is 1.74. The van der Waals surface area contributed by atoms with Gasteiger partial charge in [0.05, 0.1) is 12.7 Å². The summed E-state index contributed by atoms with van der Waals surface area (Å²) in [7, 11) is 0. The van der Waals surface area contributed by atoms with Gasteiger partial charge in [-0.2, -0.15) is 0 Å². The number of carbonyl (C=O) groups excluding carboxylic acids is 6. The predicted molar refractivity (Wildman–Crippen MR) is 169 cm³/mol. The van der Waals surface area contributed by atoms with Crippen LogP contribution in [-0.2, 0) is 44.8 Å². The summed E-state index contributed by atoms with van der Waals surface area (Å²) in [5.74, 6) is -7.96. The second kappa shape index (κ2) is 19.2. The first-order valence-corrected chi connectivity index (χ1v) is 15.3. The van der Waals surface area contributed by atoms with Gasteiger partial charge >= 0.3 is 11.9 Å². The first-order chi connectivity index (χ1) is 23.1. The smallest absolute Gasteiger partial charge is 0.305 e. The lowest BCUT2D eigenvalue weighted by atomic mass is 10.0. The quantitative estimate of drug-likeness (QED) is 0.0352. The number of aliphatic carboxylic acids is 2. The van der Waals surface area contributed by atoms with Crippen molar-refractivity contribution in [2.75, 3.05) is 13.1 Å². The zero-order chi connectivity index (χ0) is 36.7. The van der Waals surface area contributed by atoms with Crippen molar-refractivity contribution in [3.05, 3.63) is 18.2 Å². The van der Waals surface area contributed by atoms with Gasteiger partial charge in [0.2, 0.25) is 35.4 Å². The van der Waals surface area contributed by atoms with E-state index < -0.39 is 90.9 Å². The van der Waals surface area contributed by atoms with Crippen LogP contribution < -0.4 is 38.5 Å². The number of H-pyrrole nitrogens is 1. The van der Waals surface area contributed by atoms with Crippen molar-refractivity contribution in [3.63, 3.8) is 0 Å². The minimum Gasteiger partial charge on any atom is -0.481 e. The Hall–Kier alpha value is -5.76. The Morgan fingerprint density at radius 1 is 0.918 bits per heavy atom. The molecular formula is C28H43N11O10. The van der Waals surface area contributed by atoms with Crippen molar-refractivity contribution in [3.8, 4) is 0 Å². The molecule has 0 aromatic carbocycles. The van der Waals surface area contributed by atoms with Gasteiger partial charge in [0.15, 0.2) is 5.96 Å². The number of hydrogen-bond donors (Lipinski definition) is 10. The second-order valence-corrected chi connectivity index (χ2v) is 11.3. The second-order valence-electron chi connectivity index (χ2n) is 11.3. The number of nitrogens with one attached hydrogen (secondary N) is 5. The maximum absolute atomic E-state index is 13.7. The van der Waals surface area contributed by atoms with Crippen molar-refractivity contribution < 1.29 is 48.6 Å². The standard InChI is InChI=1S/C28H43N11O10/c1-14(40)39-9-3-5-20(39)27(49)38-19(10-15-12-32-13-34-15)26(48)35-16(4-2-8-33-28(30)31)24(46)36-17(6-7-21(41)42)25(47)37-18(23(29)45)11-22(43)44/h12-13,16-20H,2-11H2,1H3,(H2,29,45)(H,32,34)(H,35,48)(H,36,46)(H,37,47)(H,38,49)(H,41,42)(H,43,44)(H4,30,31,33)/t16-,17-,18-,19-,20-/m0/s1. The van der Waals surface area contributed by atoms with Crippen LogP contribution in [0.15, 0.2) is 17.5 Å². The van der Waals surface area contributed by atoms with Crippen LogP contribution >= 0.6 is 0 Å². The van der Waals surface area contributed by atoms with E-state index >= 15 is 0 Å². The van der Waals surface area contributed by atoms with Crippen molar-refractivity contribution >= 4 is 53.3 Å². The SMILES string of the molecule is CC(=O)N1CCC[C@H]1C(=O)N[C@@H](Cc1cnc[nH]1)C(=O)N[C@@H](CCCN=C(N)N)C(=O)N[C@@H](CCC(=O)O)C(=O)N[C@@H](CC(=O)O)C(N)=O. The van der Waals surface area contributed by atoms with E-state index in [2.05, 4.69) is 36.2 Å². The number of guanidine groups is 1. The lowest BCUT2D eigenvalue weighted by Crippen LogP contribution is -2.59. The number of aromatic nitrogens is 2. The van der Waals surface area contributed by atoms with Gasteiger partial charge in [0, 0.05) is 44.7 Å². The van der Waals surface area contributed by atoms with Gasteiger partial charge in [-0.25, -0.2) is 4.98 Å². The summed E-state index contributed by atoms with van der Waals surface area (Å²) in [5, 5.41) is 27.9. The molecule has 13 N–H and O–H groups in total. The topological polar surface area (TPSA) is 347 Å². The van der Waals surface area contributed by atoms with Gasteiger partial charge in [-0.15, -0.1) is 0 Å². The molecule has 49 heavy (non-hydrogen) atoms. The highest BCUT2D eigenvalue weighted by Gasteiger charge is 2.36. The molecule has 21 nitrogen and oxygen atoms in total. The Morgan fingerprint density at radius 2 is 1.53 bits per heavy atom. The number of amides is 6. The van der Waals surface area contributed by atoms with E-state index in [1.54, 1.807) is 0 Å². The Labute approximate surface area is 280 Å². The normalized spacial score (nSPS) is 16.3. The molecule has 0 aliphatic carbocycles. The molecule has 1 aliphatic rings. The van der Waals surface area contributed by atoms with E-state index in [0.29, 0.717) is 25.1 Å². The third-order valence-corrected chi connectivity index (χ3v) is 7.47. The van der Waals surface area contributed by atoms with Crippen LogP contribution in [0.1, 0.15) is 57.6 Å². The molecule has 0 radical (unpaired) electrons. The third-order valence-electron chi connectivity index (χ3n) is 7.47. The Balaban J connectivity index is 2.33. The van der Waals surface area contributed by atoms with E-state index in [-0.39, 0.29) is 37.7 Å². The lowest BCUT2D eigenvalue weighted by Gasteiger charge is -2.27. The molecule has 1 aliphatic heterocycles. The molecule has 0 unspecified atom stereocenters. The number of carboxylic acid groups (broad SMARTS) is 2. The number of nitrogens with zero attached hydrogens (tertiary/aromatic N) is 3. The Bertz CT molecular complexity index is 1400. The fourth-order valence-corrected chi connectivity index (χ4v) is 5.03. The zero-order valence-corrected chi connectivity index (χ0v) is 26.8. The molecule has 2 heterocycles. The zero-order valence-electron chi connectivity index (χ0n) is 26.8. The number of imidazole rings is 1. The molecule has 6 amide bonds. The number of carboxylic acids is 2. The molecule has 0 saturated carbocycles. The van der Waals surface area contributed by atoms with E-state index in [1.165, 1.54) is 24.3 Å². The van der Waals surface area contributed by atoms with E-state index in [1.807, 2.05) is 0 Å². The summed E-state index contributed by atoms with van der Waals surface area (Å²) < 4.78 is 0. The number of hydrogen-bond acceptors (Lipinski definition) is 10. The highest BCUT2D eigenvalue weighted by Crippen LogP contribution is 2.18. The van der Waals surface area contributed by atoms with Crippen molar-refractivity contribution in [2.45, 2.75) is 88.5 Å². The molecule has 1 aromatic heterocycles. The number of carbonyl (C=O) groups is 8. The summed E-state index contributed by atoms with van der Waals surface area (Å²) in [6.07, 6.45) is 1.73. The average molecular weight is 694 g/mol. The van der Waals surface area contributed by atoms with E-state index in [4.69, 9.17) is 22.3 Å². The van der Waals surface area contributed by atoms with Crippen LogP contribution in [0.5, 0.6) is 0 Å². The van der Waals surface area contributed by atoms with Gasteiger partial charge in [-0.3, -0.25) is 43.3 Å². The highest BCUT2D eigenvalue weighted by molar-refractivity contribution is 5.97. The molecule has 0 spiro atoms. The fraction of sp³-hybridized carbons (Fsp3) is 0.571. The summed E-state index contributed by atoms with van der Waals surface area (Å²) in [6, 6.07) is -6.75. The number of primary amides is 1. The van der Waals surface area contributed by atoms with Crippen LogP contribution in [-0.4, -0.2) is 122 Å². The first kappa shape index (κ1) is 39.4. The highest BCUT2D eigenvalue weighted by atomic mass is 16.4. The molecular weight excluding hydrogens is 650 g/mol. The van der Waals surface area contributed by atoms with Crippen molar-refractivity contribution in [2.24, 2.45) is 22.2 Å². The predicted octanol–water partition coefficient (Wildman–Crippen LogP) is -4.22. The number of aromatic amines is 1. The minimum atomic E-state index is -1.67. The van der Waals surface area contributed by atoms with Crippen molar-refractivity contribution in [1.29, 1.82) is 0 Å². The third kappa shape index (κ3) is 13.5. The van der Waals surface area contributed by atoms with Crippen LogP contribution in [0.4, 0.5) is 0 Å². The van der Waals surface area contributed by atoms with Crippen molar-refractivity contribution in [1.82, 2.24) is 36.1 Å². The number of aliphatic imine (C=N–C) groups is 1. The number of likely N-dealkylation sites (tertiary alicyclic amines) is 1. The molecule has 2 rings (SSSR count). The summed E-state index contributed by atoms with van der Waals surface area (Å²) in [4.78, 5) is 112. The Kier molecular flexibility index (Phi) is 15.4. The summed E-state index contributed by atoms with van der Waals surface area (Å²) >= 11 is 0. The fourth-order valence-electron chi connectivity index (χ4n) is 5.03. The monoisotopic (exact) mass is 693 g/mol. The van der Waals surface area contributed by atoms with Gasteiger partial charge in [0.1, 0.15) is 30.2 Å². The molecule has 270 valence electrons. The number of rotatable bonds is 20.